The third-order valence-electron chi connectivity index (χ3n) is 4.15. The molecular formula is C16H21N3. The zero-order chi connectivity index (χ0) is 13.2. The molecule has 0 saturated heterocycles. The van der Waals surface area contributed by atoms with E-state index in [4.69, 9.17) is 0 Å². The molecule has 0 bridgehead atoms. The highest BCUT2D eigenvalue weighted by Crippen LogP contribution is 2.33. The first-order valence-electron chi connectivity index (χ1n) is 7.00. The molecule has 19 heavy (non-hydrogen) atoms. The summed E-state index contributed by atoms with van der Waals surface area (Å²) < 4.78 is 2.04. The Hall–Kier alpha value is -1.61. The van der Waals surface area contributed by atoms with Gasteiger partial charge in [-0.1, -0.05) is 30.3 Å². The van der Waals surface area contributed by atoms with Crippen LogP contribution in [0.2, 0.25) is 0 Å². The van der Waals surface area contributed by atoms with Crippen molar-refractivity contribution in [3.63, 3.8) is 0 Å². The number of rotatable bonds is 3. The average Bonchev–Trinajstić information content (AvgIpc) is 2.82. The van der Waals surface area contributed by atoms with E-state index in [1.54, 1.807) is 0 Å². The molecule has 0 spiro atoms. The van der Waals surface area contributed by atoms with Gasteiger partial charge in [0.25, 0.3) is 0 Å². The lowest BCUT2D eigenvalue weighted by molar-refractivity contribution is 0.212. The van der Waals surface area contributed by atoms with Gasteiger partial charge in [0.1, 0.15) is 0 Å². The van der Waals surface area contributed by atoms with Gasteiger partial charge in [0.15, 0.2) is 0 Å². The molecule has 3 heteroatoms. The van der Waals surface area contributed by atoms with Gasteiger partial charge >= 0.3 is 0 Å². The predicted molar refractivity (Wildman–Crippen MR) is 76.8 cm³/mol. The summed E-state index contributed by atoms with van der Waals surface area (Å²) in [5, 5.41) is 4.43. The third-order valence-corrected chi connectivity index (χ3v) is 4.15. The molecule has 0 radical (unpaired) electrons. The third kappa shape index (κ3) is 2.43. The predicted octanol–water partition coefficient (Wildman–Crippen LogP) is 2.93. The van der Waals surface area contributed by atoms with Crippen molar-refractivity contribution in [2.24, 2.45) is 7.05 Å². The second kappa shape index (κ2) is 5.17. The zero-order valence-electron chi connectivity index (χ0n) is 11.7. The second-order valence-corrected chi connectivity index (χ2v) is 5.48. The van der Waals surface area contributed by atoms with Gasteiger partial charge in [0.2, 0.25) is 0 Å². The molecule has 1 aromatic carbocycles. The van der Waals surface area contributed by atoms with Crippen molar-refractivity contribution in [1.82, 2.24) is 14.7 Å². The first-order valence-corrected chi connectivity index (χ1v) is 7.00. The van der Waals surface area contributed by atoms with Crippen molar-refractivity contribution in [2.75, 3.05) is 7.05 Å². The summed E-state index contributed by atoms with van der Waals surface area (Å²) in [4.78, 5) is 2.45. The molecule has 3 rings (SSSR count). The lowest BCUT2D eigenvalue weighted by atomic mass is 9.92. The Bertz CT molecular complexity index is 544. The molecular weight excluding hydrogens is 234 g/mol. The first-order chi connectivity index (χ1) is 9.25. The van der Waals surface area contributed by atoms with Crippen LogP contribution >= 0.6 is 0 Å². The molecule has 0 N–H and O–H groups in total. The van der Waals surface area contributed by atoms with Crippen molar-refractivity contribution in [3.05, 3.63) is 53.3 Å². The largest absolute Gasteiger partial charge is 0.295 e. The van der Waals surface area contributed by atoms with E-state index in [0.717, 1.165) is 6.54 Å². The maximum absolute atomic E-state index is 4.43. The Kier molecular flexibility index (Phi) is 3.38. The maximum Gasteiger partial charge on any atom is 0.0540 e. The Morgan fingerprint density at radius 2 is 2.11 bits per heavy atom. The topological polar surface area (TPSA) is 21.1 Å². The van der Waals surface area contributed by atoms with Gasteiger partial charge in [-0.2, -0.15) is 5.10 Å². The number of aryl methyl sites for hydroxylation is 1. The Morgan fingerprint density at radius 3 is 2.89 bits per heavy atom. The van der Waals surface area contributed by atoms with E-state index in [9.17, 15) is 0 Å². The standard InChI is InChI=1S/C16H21N3/c1-18(12-13-7-4-3-5-8-13)15-9-6-10-16-14(15)11-17-19(16)2/h3-5,7-8,11,15H,6,9-10,12H2,1-2H3. The van der Waals surface area contributed by atoms with E-state index in [0.29, 0.717) is 6.04 Å². The van der Waals surface area contributed by atoms with Crippen molar-refractivity contribution in [3.8, 4) is 0 Å². The van der Waals surface area contributed by atoms with Crippen LogP contribution in [0.1, 0.15) is 35.7 Å². The molecule has 0 amide bonds. The zero-order valence-corrected chi connectivity index (χ0v) is 11.7. The summed E-state index contributed by atoms with van der Waals surface area (Å²) in [7, 11) is 4.28. The molecule has 1 unspecified atom stereocenters. The highest BCUT2D eigenvalue weighted by molar-refractivity contribution is 5.25. The van der Waals surface area contributed by atoms with Crippen LogP contribution in [0.5, 0.6) is 0 Å². The number of nitrogens with zero attached hydrogens (tertiary/aromatic N) is 3. The SMILES string of the molecule is CN(Cc1ccccc1)C1CCCc2c1cnn2C. The van der Waals surface area contributed by atoms with Crippen LogP contribution in [0.15, 0.2) is 36.5 Å². The fourth-order valence-corrected chi connectivity index (χ4v) is 3.12. The highest BCUT2D eigenvalue weighted by Gasteiger charge is 2.26. The quantitative estimate of drug-likeness (QED) is 0.841. The van der Waals surface area contributed by atoms with Crippen molar-refractivity contribution >= 4 is 0 Å². The summed E-state index contributed by atoms with van der Waals surface area (Å²) >= 11 is 0. The molecule has 1 heterocycles. The second-order valence-electron chi connectivity index (χ2n) is 5.48. The van der Waals surface area contributed by atoms with Crippen molar-refractivity contribution in [2.45, 2.75) is 31.8 Å². The number of hydrogen-bond donors (Lipinski definition) is 0. The summed E-state index contributed by atoms with van der Waals surface area (Å²) in [6.45, 7) is 1.000. The van der Waals surface area contributed by atoms with Crippen LogP contribution in [0.3, 0.4) is 0 Å². The Balaban J connectivity index is 1.79. The minimum Gasteiger partial charge on any atom is -0.295 e. The van der Waals surface area contributed by atoms with Gasteiger partial charge in [-0.05, 0) is 31.9 Å². The molecule has 0 saturated carbocycles. The molecule has 1 aliphatic carbocycles. The number of aromatic nitrogens is 2. The van der Waals surface area contributed by atoms with Crippen LogP contribution in [0.4, 0.5) is 0 Å². The Labute approximate surface area is 114 Å². The summed E-state index contributed by atoms with van der Waals surface area (Å²) in [6.07, 6.45) is 5.72. The fraction of sp³-hybridized carbons (Fsp3) is 0.438. The van der Waals surface area contributed by atoms with E-state index in [1.165, 1.54) is 36.1 Å². The van der Waals surface area contributed by atoms with Gasteiger partial charge < -0.3 is 0 Å². The maximum atomic E-state index is 4.43. The number of fused-ring (bicyclic) bond motifs is 1. The summed E-state index contributed by atoms with van der Waals surface area (Å²) in [5.41, 5.74) is 4.21. The van der Waals surface area contributed by atoms with Crippen LogP contribution in [0, 0.1) is 0 Å². The van der Waals surface area contributed by atoms with E-state index in [-0.39, 0.29) is 0 Å². The molecule has 2 aromatic rings. The fourth-order valence-electron chi connectivity index (χ4n) is 3.12. The van der Waals surface area contributed by atoms with Gasteiger partial charge in [0.05, 0.1) is 6.20 Å². The van der Waals surface area contributed by atoms with Crippen LogP contribution in [-0.4, -0.2) is 21.7 Å². The molecule has 0 aliphatic heterocycles. The van der Waals surface area contributed by atoms with E-state index >= 15 is 0 Å². The lowest BCUT2D eigenvalue weighted by Crippen LogP contribution is -2.27. The van der Waals surface area contributed by atoms with E-state index < -0.39 is 0 Å². The minimum atomic E-state index is 0.512. The number of hydrogen-bond acceptors (Lipinski definition) is 2. The summed E-state index contributed by atoms with van der Waals surface area (Å²) in [6, 6.07) is 11.2. The molecule has 1 atom stereocenters. The number of benzene rings is 1. The van der Waals surface area contributed by atoms with Crippen LogP contribution in [-0.2, 0) is 20.0 Å². The first kappa shape index (κ1) is 12.4. The molecule has 100 valence electrons. The minimum absolute atomic E-state index is 0.512. The Morgan fingerprint density at radius 1 is 1.32 bits per heavy atom. The molecule has 1 aliphatic rings. The molecule has 1 aromatic heterocycles. The monoisotopic (exact) mass is 255 g/mol. The van der Waals surface area contributed by atoms with Gasteiger partial charge in [-0.15, -0.1) is 0 Å². The van der Waals surface area contributed by atoms with Crippen LogP contribution in [0.25, 0.3) is 0 Å². The molecule has 3 nitrogen and oxygen atoms in total. The van der Waals surface area contributed by atoms with Gasteiger partial charge in [-0.25, -0.2) is 0 Å². The van der Waals surface area contributed by atoms with Crippen molar-refractivity contribution < 1.29 is 0 Å². The molecule has 0 fully saturated rings. The smallest absolute Gasteiger partial charge is 0.0540 e. The van der Waals surface area contributed by atoms with Crippen LogP contribution < -0.4 is 0 Å². The van der Waals surface area contributed by atoms with Gasteiger partial charge in [0, 0.05) is 30.9 Å². The van der Waals surface area contributed by atoms with Gasteiger partial charge in [-0.3, -0.25) is 9.58 Å². The average molecular weight is 255 g/mol. The summed E-state index contributed by atoms with van der Waals surface area (Å²) in [5.74, 6) is 0. The van der Waals surface area contributed by atoms with E-state index in [1.807, 2.05) is 4.68 Å². The highest BCUT2D eigenvalue weighted by atomic mass is 15.3. The van der Waals surface area contributed by atoms with E-state index in [2.05, 4.69) is 60.6 Å². The van der Waals surface area contributed by atoms with Crippen molar-refractivity contribution in [1.29, 1.82) is 0 Å². The normalized spacial score (nSPS) is 18.6. The lowest BCUT2D eigenvalue weighted by Gasteiger charge is -2.31.